The van der Waals surface area contributed by atoms with Crippen molar-refractivity contribution in [1.29, 1.82) is 0 Å². The zero-order chi connectivity index (χ0) is 27.6. The third-order valence-corrected chi connectivity index (χ3v) is 7.12. The van der Waals surface area contributed by atoms with Gasteiger partial charge in [0.1, 0.15) is 0 Å². The molecule has 4 nitrogen and oxygen atoms in total. The van der Waals surface area contributed by atoms with E-state index in [2.05, 4.69) is 77.9 Å². The van der Waals surface area contributed by atoms with Gasteiger partial charge in [-0.2, -0.15) is 0 Å². The number of hydrogen-bond donors (Lipinski definition) is 0. The van der Waals surface area contributed by atoms with Gasteiger partial charge in [-0.25, -0.2) is 0 Å². The Bertz CT molecular complexity index is 821. The quantitative estimate of drug-likeness (QED) is 0.152. The fourth-order valence-corrected chi connectivity index (χ4v) is 4.27. The number of hydrogen-bond acceptors (Lipinski definition) is 4. The Morgan fingerprint density at radius 2 is 0.789 bits per heavy atom. The van der Waals surface area contributed by atoms with E-state index in [0.717, 1.165) is 114 Å². The van der Waals surface area contributed by atoms with Crippen molar-refractivity contribution in [3.8, 4) is 23.0 Å². The van der Waals surface area contributed by atoms with Gasteiger partial charge in [0.05, 0.1) is 26.4 Å². The van der Waals surface area contributed by atoms with Gasteiger partial charge in [-0.15, -0.1) is 0 Å². The largest absolute Gasteiger partial charge is 0.490 e. The number of rotatable bonds is 21. The number of benzene rings is 2. The monoisotopic (exact) mass is 526 g/mol. The maximum Gasteiger partial charge on any atom is 0.161 e. The highest BCUT2D eigenvalue weighted by Gasteiger charge is 2.17. The van der Waals surface area contributed by atoms with Crippen LogP contribution in [0.4, 0.5) is 0 Å². The second-order valence-electron chi connectivity index (χ2n) is 10.7. The molecule has 2 atom stereocenters. The van der Waals surface area contributed by atoms with Crippen LogP contribution in [0.25, 0.3) is 0 Å². The average molecular weight is 527 g/mol. The van der Waals surface area contributed by atoms with Crippen LogP contribution in [0.1, 0.15) is 104 Å². The normalized spacial score (nSPS) is 12.7. The molecule has 4 heteroatoms. The maximum absolute atomic E-state index is 6.14. The molecular weight excluding hydrogens is 472 g/mol. The molecule has 0 heterocycles. The Balaban J connectivity index is 2.06. The molecule has 0 bridgehead atoms. The van der Waals surface area contributed by atoms with E-state index in [0.29, 0.717) is 11.8 Å². The highest BCUT2D eigenvalue weighted by atomic mass is 16.5. The van der Waals surface area contributed by atoms with Crippen LogP contribution in [0, 0.1) is 11.8 Å². The van der Waals surface area contributed by atoms with Gasteiger partial charge < -0.3 is 18.9 Å². The summed E-state index contributed by atoms with van der Waals surface area (Å²) in [6.45, 7) is 16.4. The molecule has 0 radical (unpaired) electrons. The number of ether oxygens (including phenoxy) is 4. The Kier molecular flexibility index (Phi) is 15.8. The molecule has 2 unspecified atom stereocenters. The summed E-state index contributed by atoms with van der Waals surface area (Å²) in [6, 6.07) is 13.0. The molecule has 0 N–H and O–H groups in total. The molecule has 214 valence electrons. The zero-order valence-corrected chi connectivity index (χ0v) is 25.2. The van der Waals surface area contributed by atoms with Crippen LogP contribution in [0.15, 0.2) is 36.4 Å². The standard InChI is InChI=1S/C34H54O4/c1-7-11-19-35-31-17-15-29(25-33(31)37-21-13-9-3)23-27(5)28(6)24-30-16-18-32(36-20-12-8-2)34(26-30)38-22-14-10-4/h15-18,25-28H,7-14,19-24H2,1-6H3. The molecule has 0 saturated carbocycles. The summed E-state index contributed by atoms with van der Waals surface area (Å²) in [5.74, 6) is 4.57. The van der Waals surface area contributed by atoms with E-state index in [9.17, 15) is 0 Å². The molecule has 0 aliphatic carbocycles. The van der Waals surface area contributed by atoms with E-state index in [-0.39, 0.29) is 0 Å². The van der Waals surface area contributed by atoms with Gasteiger partial charge in [0, 0.05) is 0 Å². The first-order chi connectivity index (χ1) is 18.5. The summed E-state index contributed by atoms with van der Waals surface area (Å²) in [6.07, 6.45) is 10.7. The first-order valence-corrected chi connectivity index (χ1v) is 15.3. The predicted molar refractivity (Wildman–Crippen MR) is 160 cm³/mol. The van der Waals surface area contributed by atoms with Crippen LogP contribution in [0.5, 0.6) is 23.0 Å². The van der Waals surface area contributed by atoms with E-state index in [1.54, 1.807) is 0 Å². The van der Waals surface area contributed by atoms with Gasteiger partial charge in [0.15, 0.2) is 23.0 Å². The average Bonchev–Trinajstić information content (AvgIpc) is 2.91. The topological polar surface area (TPSA) is 36.9 Å². The van der Waals surface area contributed by atoms with E-state index in [1.165, 1.54) is 11.1 Å². The van der Waals surface area contributed by atoms with Crippen molar-refractivity contribution in [2.24, 2.45) is 11.8 Å². The minimum Gasteiger partial charge on any atom is -0.490 e. The molecule has 0 aliphatic heterocycles. The summed E-state index contributed by atoms with van der Waals surface area (Å²) in [5.41, 5.74) is 2.61. The lowest BCUT2D eigenvalue weighted by Gasteiger charge is -2.22. The van der Waals surface area contributed by atoms with Gasteiger partial charge >= 0.3 is 0 Å². The Labute approximate surface area is 233 Å². The Hall–Kier alpha value is -2.36. The molecule has 2 aromatic rings. The summed E-state index contributed by atoms with van der Waals surface area (Å²) in [5, 5.41) is 0. The van der Waals surface area contributed by atoms with E-state index in [4.69, 9.17) is 18.9 Å². The van der Waals surface area contributed by atoms with Crippen LogP contribution in [-0.2, 0) is 12.8 Å². The zero-order valence-electron chi connectivity index (χ0n) is 25.2. The van der Waals surface area contributed by atoms with Crippen molar-refractivity contribution < 1.29 is 18.9 Å². The SMILES string of the molecule is CCCCOc1ccc(CC(C)C(C)Cc2ccc(OCCCC)c(OCCCC)c2)cc1OCCCC. The molecule has 2 aromatic carbocycles. The van der Waals surface area contributed by atoms with Crippen LogP contribution in [0.2, 0.25) is 0 Å². The third-order valence-electron chi connectivity index (χ3n) is 7.12. The molecule has 0 amide bonds. The minimum atomic E-state index is 0.523. The summed E-state index contributed by atoms with van der Waals surface area (Å²) in [4.78, 5) is 0. The lowest BCUT2D eigenvalue weighted by Crippen LogP contribution is -2.14. The Morgan fingerprint density at radius 1 is 0.474 bits per heavy atom. The van der Waals surface area contributed by atoms with Gasteiger partial charge in [-0.05, 0) is 85.8 Å². The van der Waals surface area contributed by atoms with Crippen LogP contribution >= 0.6 is 0 Å². The van der Waals surface area contributed by atoms with Crippen molar-refractivity contribution in [1.82, 2.24) is 0 Å². The van der Waals surface area contributed by atoms with Crippen molar-refractivity contribution >= 4 is 0 Å². The van der Waals surface area contributed by atoms with E-state index < -0.39 is 0 Å². The first-order valence-electron chi connectivity index (χ1n) is 15.3. The fraction of sp³-hybridized carbons (Fsp3) is 0.647. The van der Waals surface area contributed by atoms with E-state index in [1.807, 2.05) is 0 Å². The van der Waals surface area contributed by atoms with Crippen molar-refractivity contribution in [3.05, 3.63) is 47.5 Å². The Morgan fingerprint density at radius 3 is 1.11 bits per heavy atom. The third kappa shape index (κ3) is 11.6. The second kappa shape index (κ2) is 18.8. The molecule has 0 fully saturated rings. The van der Waals surface area contributed by atoms with Crippen LogP contribution in [-0.4, -0.2) is 26.4 Å². The van der Waals surface area contributed by atoms with Gasteiger partial charge in [-0.1, -0.05) is 79.4 Å². The van der Waals surface area contributed by atoms with Crippen molar-refractivity contribution in [3.63, 3.8) is 0 Å². The van der Waals surface area contributed by atoms with Crippen molar-refractivity contribution in [2.45, 2.75) is 106 Å². The smallest absolute Gasteiger partial charge is 0.161 e. The summed E-state index contributed by atoms with van der Waals surface area (Å²) in [7, 11) is 0. The molecule has 2 rings (SSSR count). The fourth-order valence-electron chi connectivity index (χ4n) is 4.27. The molecule has 0 aromatic heterocycles. The highest BCUT2D eigenvalue weighted by Crippen LogP contribution is 2.33. The van der Waals surface area contributed by atoms with Crippen LogP contribution in [0.3, 0.4) is 0 Å². The van der Waals surface area contributed by atoms with Gasteiger partial charge in [-0.3, -0.25) is 0 Å². The molecule has 38 heavy (non-hydrogen) atoms. The summed E-state index contributed by atoms with van der Waals surface area (Å²) < 4.78 is 24.3. The predicted octanol–water partition coefficient (Wildman–Crippen LogP) is 9.46. The maximum atomic E-state index is 6.14. The molecule has 0 saturated heterocycles. The van der Waals surface area contributed by atoms with Crippen molar-refractivity contribution in [2.75, 3.05) is 26.4 Å². The van der Waals surface area contributed by atoms with E-state index >= 15 is 0 Å². The molecule has 0 aliphatic rings. The number of unbranched alkanes of at least 4 members (excludes halogenated alkanes) is 4. The summed E-state index contributed by atoms with van der Waals surface area (Å²) >= 11 is 0. The molecular formula is C34H54O4. The highest BCUT2D eigenvalue weighted by molar-refractivity contribution is 5.44. The second-order valence-corrected chi connectivity index (χ2v) is 10.7. The lowest BCUT2D eigenvalue weighted by atomic mass is 9.85. The van der Waals surface area contributed by atoms with Crippen LogP contribution < -0.4 is 18.9 Å². The molecule has 0 spiro atoms. The van der Waals surface area contributed by atoms with Gasteiger partial charge in [0.25, 0.3) is 0 Å². The van der Waals surface area contributed by atoms with Gasteiger partial charge in [0.2, 0.25) is 0 Å². The minimum absolute atomic E-state index is 0.523. The first kappa shape index (κ1) is 31.9. The lowest BCUT2D eigenvalue weighted by molar-refractivity contribution is 0.261.